The van der Waals surface area contributed by atoms with E-state index in [2.05, 4.69) is 5.10 Å². The molecule has 0 saturated heterocycles. The van der Waals surface area contributed by atoms with Gasteiger partial charge in [0, 0.05) is 12.4 Å². The number of carbonyl (C=O) groups is 1. The Balaban J connectivity index is 1.54. The summed E-state index contributed by atoms with van der Waals surface area (Å²) in [6.45, 7) is 0.164. The number of benzene rings is 2. The van der Waals surface area contributed by atoms with Gasteiger partial charge in [-0.3, -0.25) is 4.79 Å². The molecule has 1 aromatic heterocycles. The Kier molecular flexibility index (Phi) is 5.09. The van der Waals surface area contributed by atoms with Gasteiger partial charge in [0.15, 0.2) is 11.6 Å². The van der Waals surface area contributed by atoms with Crippen molar-refractivity contribution in [1.29, 1.82) is 0 Å². The molecule has 0 fully saturated rings. The number of methoxy groups -OCH3 is 1. The number of hydrogen-bond acceptors (Lipinski definition) is 4. The first-order valence-corrected chi connectivity index (χ1v) is 7.73. The van der Waals surface area contributed by atoms with Crippen molar-refractivity contribution in [1.82, 2.24) is 9.78 Å². The van der Waals surface area contributed by atoms with E-state index < -0.39 is 11.8 Å². The van der Waals surface area contributed by atoms with E-state index >= 15 is 0 Å². The molecule has 128 valence electrons. The van der Waals surface area contributed by atoms with E-state index in [1.807, 2.05) is 36.5 Å². The van der Waals surface area contributed by atoms with E-state index in [-0.39, 0.29) is 18.8 Å². The van der Waals surface area contributed by atoms with E-state index in [9.17, 15) is 9.18 Å². The summed E-state index contributed by atoms with van der Waals surface area (Å²) in [5.74, 6) is -0.767. The largest absolute Gasteiger partial charge is 0.494 e. The highest BCUT2D eigenvalue weighted by Crippen LogP contribution is 2.18. The van der Waals surface area contributed by atoms with Crippen molar-refractivity contribution < 1.29 is 18.7 Å². The number of hydrogen-bond donors (Lipinski definition) is 0. The monoisotopic (exact) mass is 340 g/mol. The highest BCUT2D eigenvalue weighted by molar-refractivity contribution is 5.72. The van der Waals surface area contributed by atoms with Crippen molar-refractivity contribution >= 4 is 5.97 Å². The lowest BCUT2D eigenvalue weighted by molar-refractivity contribution is -0.144. The molecule has 5 nitrogen and oxygen atoms in total. The van der Waals surface area contributed by atoms with E-state index in [0.29, 0.717) is 5.56 Å². The lowest BCUT2D eigenvalue weighted by atomic mass is 10.1. The predicted octanol–water partition coefficient (Wildman–Crippen LogP) is 3.31. The minimum absolute atomic E-state index is 0.00624. The summed E-state index contributed by atoms with van der Waals surface area (Å²) in [6, 6.07) is 13.8. The molecule has 0 atom stereocenters. The highest BCUT2D eigenvalue weighted by Gasteiger charge is 2.09. The normalized spacial score (nSPS) is 10.5. The number of aromatic nitrogens is 2. The van der Waals surface area contributed by atoms with Crippen LogP contribution in [0.2, 0.25) is 0 Å². The van der Waals surface area contributed by atoms with Crippen molar-refractivity contribution in [3.8, 4) is 11.4 Å². The van der Waals surface area contributed by atoms with Crippen LogP contribution in [0.4, 0.5) is 4.39 Å². The van der Waals surface area contributed by atoms with E-state index in [4.69, 9.17) is 9.47 Å². The van der Waals surface area contributed by atoms with Gasteiger partial charge in [-0.25, -0.2) is 9.07 Å². The quantitative estimate of drug-likeness (QED) is 0.646. The Hall–Kier alpha value is -3.15. The number of rotatable bonds is 6. The van der Waals surface area contributed by atoms with Gasteiger partial charge in [-0.15, -0.1) is 0 Å². The molecule has 25 heavy (non-hydrogen) atoms. The summed E-state index contributed by atoms with van der Waals surface area (Å²) in [5, 5.41) is 4.15. The molecule has 3 rings (SSSR count). The van der Waals surface area contributed by atoms with Gasteiger partial charge >= 0.3 is 5.97 Å². The minimum atomic E-state index is -0.498. The molecule has 0 amide bonds. The average molecular weight is 340 g/mol. The first-order chi connectivity index (χ1) is 12.2. The van der Waals surface area contributed by atoms with Crippen LogP contribution in [-0.2, 0) is 22.6 Å². The van der Waals surface area contributed by atoms with Crippen LogP contribution in [0.25, 0.3) is 5.69 Å². The second-order valence-corrected chi connectivity index (χ2v) is 5.42. The Labute approximate surface area is 144 Å². The highest BCUT2D eigenvalue weighted by atomic mass is 19.1. The Bertz CT molecular complexity index is 846. The second-order valence-electron chi connectivity index (χ2n) is 5.42. The van der Waals surface area contributed by atoms with Crippen molar-refractivity contribution in [2.24, 2.45) is 0 Å². The van der Waals surface area contributed by atoms with Gasteiger partial charge in [0.2, 0.25) is 0 Å². The van der Waals surface area contributed by atoms with Crippen LogP contribution >= 0.6 is 0 Å². The molecule has 0 aliphatic rings. The maximum Gasteiger partial charge on any atom is 0.310 e. The lowest BCUT2D eigenvalue weighted by Gasteiger charge is -2.07. The van der Waals surface area contributed by atoms with Crippen LogP contribution in [-0.4, -0.2) is 22.9 Å². The maximum atomic E-state index is 13.6. The van der Waals surface area contributed by atoms with E-state index in [1.54, 1.807) is 16.9 Å². The molecule has 0 N–H and O–H groups in total. The zero-order chi connectivity index (χ0) is 17.6. The predicted molar refractivity (Wildman–Crippen MR) is 90.0 cm³/mol. The molecule has 0 radical (unpaired) electrons. The summed E-state index contributed by atoms with van der Waals surface area (Å²) >= 11 is 0. The third-order valence-corrected chi connectivity index (χ3v) is 3.67. The molecule has 0 bridgehead atoms. The molecule has 0 unspecified atom stereocenters. The Morgan fingerprint density at radius 3 is 2.56 bits per heavy atom. The molecular formula is C19H17FN2O3. The van der Waals surface area contributed by atoms with E-state index in [1.165, 1.54) is 19.2 Å². The Morgan fingerprint density at radius 1 is 1.16 bits per heavy atom. The molecule has 1 heterocycles. The summed E-state index contributed by atoms with van der Waals surface area (Å²) in [6.07, 6.45) is 3.56. The van der Waals surface area contributed by atoms with Crippen LogP contribution < -0.4 is 4.74 Å². The number of carbonyl (C=O) groups excluding carboxylic acids is 1. The number of ether oxygens (including phenoxy) is 2. The van der Waals surface area contributed by atoms with Crippen molar-refractivity contribution in [2.45, 2.75) is 13.0 Å². The fraction of sp³-hybridized carbons (Fsp3) is 0.158. The smallest absolute Gasteiger partial charge is 0.310 e. The summed E-state index contributed by atoms with van der Waals surface area (Å²) in [7, 11) is 1.39. The fourth-order valence-electron chi connectivity index (χ4n) is 2.37. The lowest BCUT2D eigenvalue weighted by Crippen LogP contribution is -2.08. The number of nitrogens with zero attached hydrogens (tertiary/aromatic N) is 2. The first kappa shape index (κ1) is 16.7. The second kappa shape index (κ2) is 7.61. The van der Waals surface area contributed by atoms with Crippen LogP contribution in [0.5, 0.6) is 5.75 Å². The summed E-state index contributed by atoms with van der Waals surface area (Å²) in [4.78, 5) is 11.9. The van der Waals surface area contributed by atoms with Gasteiger partial charge in [-0.2, -0.15) is 5.10 Å². The van der Waals surface area contributed by atoms with Gasteiger partial charge < -0.3 is 9.47 Å². The fourth-order valence-corrected chi connectivity index (χ4v) is 2.37. The van der Waals surface area contributed by atoms with E-state index in [0.717, 1.165) is 11.3 Å². The van der Waals surface area contributed by atoms with Crippen molar-refractivity contribution in [3.63, 3.8) is 0 Å². The molecule has 0 aliphatic carbocycles. The van der Waals surface area contributed by atoms with Gasteiger partial charge in [0.1, 0.15) is 6.61 Å². The van der Waals surface area contributed by atoms with Gasteiger partial charge in [0.25, 0.3) is 0 Å². The SMILES string of the molecule is COc1ccc(CC(=O)OCc2ccc(-n3cccn3)cc2)cc1F. The van der Waals surface area contributed by atoms with Crippen LogP contribution in [0.3, 0.4) is 0 Å². The zero-order valence-corrected chi connectivity index (χ0v) is 13.7. The summed E-state index contributed by atoms with van der Waals surface area (Å²) in [5.41, 5.74) is 2.33. The topological polar surface area (TPSA) is 53.4 Å². The molecule has 0 aliphatic heterocycles. The Morgan fingerprint density at radius 2 is 1.92 bits per heavy atom. The number of esters is 1. The molecule has 2 aromatic carbocycles. The molecule has 0 saturated carbocycles. The van der Waals surface area contributed by atoms with Crippen LogP contribution in [0.15, 0.2) is 60.9 Å². The molecule has 0 spiro atoms. The summed E-state index contributed by atoms with van der Waals surface area (Å²) < 4.78 is 25.5. The van der Waals surface area contributed by atoms with Crippen LogP contribution in [0.1, 0.15) is 11.1 Å². The van der Waals surface area contributed by atoms with Crippen molar-refractivity contribution in [3.05, 3.63) is 77.9 Å². The molecule has 6 heteroatoms. The minimum Gasteiger partial charge on any atom is -0.494 e. The molecular weight excluding hydrogens is 323 g/mol. The third kappa shape index (κ3) is 4.23. The first-order valence-electron chi connectivity index (χ1n) is 7.73. The van der Waals surface area contributed by atoms with Crippen LogP contribution in [0, 0.1) is 5.82 Å². The molecule has 3 aromatic rings. The standard InChI is InChI=1S/C19H17FN2O3/c1-24-18-8-5-15(11-17(18)20)12-19(23)25-13-14-3-6-16(7-4-14)22-10-2-9-21-22/h2-11H,12-13H2,1H3. The average Bonchev–Trinajstić information content (AvgIpc) is 3.15. The maximum absolute atomic E-state index is 13.6. The van der Waals surface area contributed by atoms with Gasteiger partial charge in [0.05, 0.1) is 19.2 Å². The zero-order valence-electron chi connectivity index (χ0n) is 13.7. The van der Waals surface area contributed by atoms with Crippen molar-refractivity contribution in [2.75, 3.05) is 7.11 Å². The third-order valence-electron chi connectivity index (χ3n) is 3.67. The van der Waals surface area contributed by atoms with Gasteiger partial charge in [-0.05, 0) is 41.5 Å². The number of halogens is 1. The van der Waals surface area contributed by atoms with Gasteiger partial charge in [-0.1, -0.05) is 18.2 Å².